The maximum atomic E-state index is 11.7. The van der Waals surface area contributed by atoms with Crippen molar-refractivity contribution in [1.82, 2.24) is 14.8 Å². The second-order valence-corrected chi connectivity index (χ2v) is 3.31. The highest BCUT2D eigenvalue weighted by atomic mass is 16.2. The van der Waals surface area contributed by atoms with E-state index in [1.807, 2.05) is 0 Å². The Morgan fingerprint density at radius 3 is 3.00 bits per heavy atom. The van der Waals surface area contributed by atoms with E-state index in [2.05, 4.69) is 15.5 Å². The molecule has 0 fully saturated rings. The second kappa shape index (κ2) is 4.01. The molecule has 0 saturated carbocycles. The molecule has 0 aliphatic rings. The summed E-state index contributed by atoms with van der Waals surface area (Å²) < 4.78 is 1.40. The lowest BCUT2D eigenvalue weighted by molar-refractivity contribution is 0.102. The smallest absolute Gasteiger partial charge is 0.256 e. The number of carbonyl (C=O) groups excluding carboxylic acids is 1. The van der Waals surface area contributed by atoms with Crippen LogP contribution in [-0.2, 0) is 7.05 Å². The summed E-state index contributed by atoms with van der Waals surface area (Å²) in [6.07, 6.45) is 4.59. The van der Waals surface area contributed by atoms with Crippen molar-refractivity contribution in [3.63, 3.8) is 0 Å². The second-order valence-electron chi connectivity index (χ2n) is 3.31. The predicted octanol–water partition coefficient (Wildman–Crippen LogP) is 0.361. The molecule has 0 aromatic carbocycles. The number of hydrogen-bond acceptors (Lipinski definition) is 3. The van der Waals surface area contributed by atoms with E-state index in [1.54, 1.807) is 25.5 Å². The van der Waals surface area contributed by atoms with Gasteiger partial charge in [-0.2, -0.15) is 5.10 Å². The molecule has 2 rings (SSSR count). The number of aryl methyl sites for hydroxylation is 1. The van der Waals surface area contributed by atoms with Gasteiger partial charge in [0.2, 0.25) is 0 Å². The summed E-state index contributed by atoms with van der Waals surface area (Å²) in [6, 6.07) is 2.87. The molecule has 0 unspecified atom stereocenters. The zero-order valence-corrected chi connectivity index (χ0v) is 8.60. The predicted molar refractivity (Wildman–Crippen MR) is 58.2 cm³/mol. The van der Waals surface area contributed by atoms with Crippen LogP contribution >= 0.6 is 0 Å². The Morgan fingerprint density at radius 2 is 2.38 bits per heavy atom. The van der Waals surface area contributed by atoms with Crippen LogP contribution in [0.25, 0.3) is 0 Å². The van der Waals surface area contributed by atoms with Crippen molar-refractivity contribution in [2.75, 3.05) is 5.32 Å². The molecule has 6 heteroatoms. The number of anilines is 1. The zero-order chi connectivity index (χ0) is 11.5. The molecule has 0 saturated heterocycles. The van der Waals surface area contributed by atoms with Crippen LogP contribution < -0.4 is 10.9 Å². The first-order valence-electron chi connectivity index (χ1n) is 4.63. The van der Waals surface area contributed by atoms with Gasteiger partial charge in [0.15, 0.2) is 0 Å². The van der Waals surface area contributed by atoms with Gasteiger partial charge in [0.1, 0.15) is 0 Å². The summed E-state index contributed by atoms with van der Waals surface area (Å²) in [6.45, 7) is 0. The Morgan fingerprint density at radius 1 is 1.56 bits per heavy atom. The van der Waals surface area contributed by atoms with Gasteiger partial charge in [-0.1, -0.05) is 0 Å². The monoisotopic (exact) mass is 218 g/mol. The number of carbonyl (C=O) groups is 1. The normalized spacial score (nSPS) is 10.1. The largest absolute Gasteiger partial charge is 0.319 e. The van der Waals surface area contributed by atoms with E-state index in [0.29, 0.717) is 11.3 Å². The van der Waals surface area contributed by atoms with Crippen molar-refractivity contribution in [2.24, 2.45) is 7.05 Å². The Kier molecular flexibility index (Phi) is 2.55. The van der Waals surface area contributed by atoms with E-state index < -0.39 is 0 Å². The molecule has 1 amide bonds. The number of pyridine rings is 1. The number of amides is 1. The summed E-state index contributed by atoms with van der Waals surface area (Å²) >= 11 is 0. The van der Waals surface area contributed by atoms with Gasteiger partial charge in [0.25, 0.3) is 11.5 Å². The lowest BCUT2D eigenvalue weighted by atomic mass is 10.2. The highest BCUT2D eigenvalue weighted by Crippen LogP contribution is 2.04. The van der Waals surface area contributed by atoms with Crippen molar-refractivity contribution in [2.45, 2.75) is 0 Å². The summed E-state index contributed by atoms with van der Waals surface area (Å²) in [7, 11) is 1.63. The van der Waals surface area contributed by atoms with Gasteiger partial charge in [0.05, 0.1) is 11.9 Å². The molecule has 2 aromatic rings. The van der Waals surface area contributed by atoms with Crippen LogP contribution in [0, 0.1) is 0 Å². The van der Waals surface area contributed by atoms with Gasteiger partial charge in [0, 0.05) is 31.1 Å². The van der Waals surface area contributed by atoms with Crippen molar-refractivity contribution in [3.8, 4) is 0 Å². The van der Waals surface area contributed by atoms with Crippen molar-refractivity contribution in [3.05, 3.63) is 46.6 Å². The summed E-state index contributed by atoms with van der Waals surface area (Å²) in [4.78, 5) is 23.0. The fourth-order valence-electron chi connectivity index (χ4n) is 1.21. The SMILES string of the molecule is Cn1ccc(C(=O)Nc2cn[nH]c2)cc1=O. The van der Waals surface area contributed by atoms with Crippen LogP contribution in [0.3, 0.4) is 0 Å². The van der Waals surface area contributed by atoms with Crippen LogP contribution in [0.15, 0.2) is 35.5 Å². The van der Waals surface area contributed by atoms with Gasteiger partial charge < -0.3 is 9.88 Å². The molecule has 2 heterocycles. The lowest BCUT2D eigenvalue weighted by Crippen LogP contribution is -2.19. The molecular formula is C10H10N4O2. The Bertz CT molecular complexity index is 556. The fourth-order valence-corrected chi connectivity index (χ4v) is 1.21. The minimum absolute atomic E-state index is 0.222. The molecular weight excluding hydrogens is 208 g/mol. The molecule has 0 aliphatic heterocycles. The summed E-state index contributed by atoms with van der Waals surface area (Å²) in [5, 5.41) is 8.88. The third kappa shape index (κ3) is 2.00. The zero-order valence-electron chi connectivity index (χ0n) is 8.60. The van der Waals surface area contributed by atoms with E-state index in [4.69, 9.17) is 0 Å². The number of hydrogen-bond donors (Lipinski definition) is 2. The third-order valence-electron chi connectivity index (χ3n) is 2.12. The lowest BCUT2D eigenvalue weighted by Gasteiger charge is -2.02. The molecule has 0 radical (unpaired) electrons. The molecule has 2 aromatic heterocycles. The number of rotatable bonds is 2. The first-order chi connectivity index (χ1) is 7.66. The molecule has 0 atom stereocenters. The molecule has 82 valence electrons. The number of H-pyrrole nitrogens is 1. The molecule has 6 nitrogen and oxygen atoms in total. The number of aromatic nitrogens is 3. The van der Waals surface area contributed by atoms with Crippen LogP contribution in [0.2, 0.25) is 0 Å². The molecule has 2 N–H and O–H groups in total. The highest BCUT2D eigenvalue weighted by molar-refractivity contribution is 6.03. The quantitative estimate of drug-likeness (QED) is 0.763. The van der Waals surface area contributed by atoms with Gasteiger partial charge in [-0.25, -0.2) is 0 Å². The first kappa shape index (κ1) is 10.2. The van der Waals surface area contributed by atoms with E-state index in [9.17, 15) is 9.59 Å². The minimum atomic E-state index is -0.334. The maximum absolute atomic E-state index is 11.7. The van der Waals surface area contributed by atoms with Crippen molar-refractivity contribution < 1.29 is 4.79 Å². The Hall–Kier alpha value is -2.37. The minimum Gasteiger partial charge on any atom is -0.319 e. The van der Waals surface area contributed by atoms with Gasteiger partial charge in [-0.05, 0) is 6.07 Å². The summed E-state index contributed by atoms with van der Waals surface area (Å²) in [5.41, 5.74) is 0.662. The van der Waals surface area contributed by atoms with Gasteiger partial charge in [-0.3, -0.25) is 14.7 Å². The molecule has 0 spiro atoms. The molecule has 16 heavy (non-hydrogen) atoms. The van der Waals surface area contributed by atoms with E-state index >= 15 is 0 Å². The van der Waals surface area contributed by atoms with Crippen LogP contribution in [0.1, 0.15) is 10.4 Å². The summed E-state index contributed by atoms with van der Waals surface area (Å²) in [5.74, 6) is -0.334. The average Bonchev–Trinajstić information content (AvgIpc) is 2.74. The van der Waals surface area contributed by atoms with Crippen molar-refractivity contribution in [1.29, 1.82) is 0 Å². The Labute approximate surface area is 90.9 Å². The number of nitrogens with one attached hydrogen (secondary N) is 2. The van der Waals surface area contributed by atoms with Crippen LogP contribution in [-0.4, -0.2) is 20.7 Å². The maximum Gasteiger partial charge on any atom is 0.256 e. The van der Waals surface area contributed by atoms with E-state index in [0.717, 1.165) is 0 Å². The topological polar surface area (TPSA) is 79.8 Å². The first-order valence-corrected chi connectivity index (χ1v) is 4.63. The third-order valence-corrected chi connectivity index (χ3v) is 2.12. The molecule has 0 aliphatic carbocycles. The number of nitrogens with zero attached hydrogens (tertiary/aromatic N) is 2. The standard InChI is InChI=1S/C10H10N4O2/c1-14-3-2-7(4-9(14)15)10(16)13-8-5-11-12-6-8/h2-6H,1H3,(H,11,12)(H,13,16). The van der Waals surface area contributed by atoms with E-state index in [1.165, 1.54) is 16.8 Å². The highest BCUT2D eigenvalue weighted by Gasteiger charge is 2.07. The fraction of sp³-hybridized carbons (Fsp3) is 0.100. The van der Waals surface area contributed by atoms with Crippen molar-refractivity contribution >= 4 is 11.6 Å². The Balaban J connectivity index is 2.21. The van der Waals surface area contributed by atoms with Crippen LogP contribution in [0.4, 0.5) is 5.69 Å². The number of aromatic amines is 1. The average molecular weight is 218 g/mol. The van der Waals surface area contributed by atoms with Gasteiger partial charge >= 0.3 is 0 Å². The van der Waals surface area contributed by atoms with Crippen LogP contribution in [0.5, 0.6) is 0 Å². The van der Waals surface area contributed by atoms with E-state index in [-0.39, 0.29) is 11.5 Å². The molecule has 0 bridgehead atoms. The van der Waals surface area contributed by atoms with Gasteiger partial charge in [-0.15, -0.1) is 0 Å².